The third kappa shape index (κ3) is 3.33. The minimum Gasteiger partial charge on any atom is -0.465 e. The van der Waals surface area contributed by atoms with Crippen LogP contribution < -0.4 is 5.32 Å². The molecule has 0 aliphatic carbocycles. The molecule has 2 aromatic carbocycles. The number of hydrogen-bond donors (Lipinski definition) is 1. The van der Waals surface area contributed by atoms with Crippen LogP contribution in [0.2, 0.25) is 0 Å². The van der Waals surface area contributed by atoms with Gasteiger partial charge in [0.25, 0.3) is 0 Å². The molecular formula is C24H25FN2O4. The molecule has 31 heavy (non-hydrogen) atoms. The summed E-state index contributed by atoms with van der Waals surface area (Å²) in [5.41, 5.74) is -0.409. The molecule has 0 radical (unpaired) electrons. The van der Waals surface area contributed by atoms with Crippen LogP contribution in [-0.2, 0) is 25.5 Å². The van der Waals surface area contributed by atoms with E-state index >= 15 is 0 Å². The molecule has 0 saturated carbocycles. The molecule has 2 aliphatic heterocycles. The van der Waals surface area contributed by atoms with E-state index in [9.17, 15) is 18.8 Å². The Morgan fingerprint density at radius 2 is 1.74 bits per heavy atom. The average Bonchev–Trinajstić information content (AvgIpc) is 3.23. The molecule has 2 aliphatic rings. The maximum atomic E-state index is 14.8. The fraction of sp³-hybridized carbons (Fsp3) is 0.375. The summed E-state index contributed by atoms with van der Waals surface area (Å²) < 4.78 is 20.2. The molecule has 2 saturated heterocycles. The highest BCUT2D eigenvalue weighted by Gasteiger charge is 2.68. The number of esters is 1. The Hall–Kier alpha value is -3.06. The topological polar surface area (TPSA) is 75.7 Å². The predicted molar refractivity (Wildman–Crippen MR) is 111 cm³/mol. The number of rotatable bonds is 6. The Labute approximate surface area is 180 Å². The zero-order valence-electron chi connectivity index (χ0n) is 17.5. The Balaban J connectivity index is 1.89. The van der Waals surface area contributed by atoms with Crippen molar-refractivity contribution in [3.8, 4) is 0 Å². The largest absolute Gasteiger partial charge is 0.465 e. The van der Waals surface area contributed by atoms with E-state index < -0.39 is 47.0 Å². The van der Waals surface area contributed by atoms with Gasteiger partial charge in [0.2, 0.25) is 11.8 Å². The molecule has 2 amide bonds. The third-order valence-corrected chi connectivity index (χ3v) is 6.27. The molecule has 6 nitrogen and oxygen atoms in total. The average molecular weight is 424 g/mol. The molecule has 2 heterocycles. The van der Waals surface area contributed by atoms with Crippen molar-refractivity contribution in [2.45, 2.75) is 31.8 Å². The minimum atomic E-state index is -1.48. The highest BCUT2D eigenvalue weighted by Crippen LogP contribution is 2.50. The lowest BCUT2D eigenvalue weighted by atomic mass is 9.76. The van der Waals surface area contributed by atoms with Crippen molar-refractivity contribution in [3.05, 3.63) is 71.5 Å². The van der Waals surface area contributed by atoms with Gasteiger partial charge in [0, 0.05) is 24.6 Å². The summed E-state index contributed by atoms with van der Waals surface area (Å²) in [6.45, 7) is 3.72. The maximum Gasteiger partial charge on any atom is 0.327 e. The first-order chi connectivity index (χ1) is 14.9. The molecule has 162 valence electrons. The lowest BCUT2D eigenvalue weighted by Gasteiger charge is -2.33. The van der Waals surface area contributed by atoms with Crippen LogP contribution in [0.1, 0.15) is 31.0 Å². The predicted octanol–water partition coefficient (Wildman–Crippen LogP) is 2.64. The van der Waals surface area contributed by atoms with Gasteiger partial charge in [-0.25, -0.2) is 4.39 Å². The Morgan fingerprint density at radius 3 is 2.39 bits per heavy atom. The number of benzene rings is 2. The summed E-state index contributed by atoms with van der Waals surface area (Å²) in [6.07, 6.45) is 0.148. The van der Waals surface area contributed by atoms with E-state index in [0.29, 0.717) is 0 Å². The van der Waals surface area contributed by atoms with Gasteiger partial charge in [-0.05, 0) is 25.5 Å². The van der Waals surface area contributed by atoms with Gasteiger partial charge in [-0.15, -0.1) is 0 Å². The zero-order valence-corrected chi connectivity index (χ0v) is 17.5. The zero-order chi connectivity index (χ0) is 22.2. The maximum absolute atomic E-state index is 14.8. The first-order valence-corrected chi connectivity index (χ1v) is 10.5. The van der Waals surface area contributed by atoms with Crippen LogP contribution in [-0.4, -0.2) is 41.4 Å². The van der Waals surface area contributed by atoms with Crippen molar-refractivity contribution < 1.29 is 23.5 Å². The number of fused-ring (bicyclic) bond motifs is 1. The fourth-order valence-electron chi connectivity index (χ4n) is 4.97. The van der Waals surface area contributed by atoms with Crippen LogP contribution in [0.25, 0.3) is 0 Å². The van der Waals surface area contributed by atoms with E-state index in [1.807, 2.05) is 30.3 Å². The molecule has 0 unspecified atom stereocenters. The fourth-order valence-corrected chi connectivity index (χ4v) is 4.97. The molecular weight excluding hydrogens is 399 g/mol. The number of hydrogen-bond acceptors (Lipinski definition) is 5. The van der Waals surface area contributed by atoms with Crippen LogP contribution in [0.15, 0.2) is 54.6 Å². The monoisotopic (exact) mass is 424 g/mol. The Morgan fingerprint density at radius 1 is 1.06 bits per heavy atom. The van der Waals surface area contributed by atoms with Gasteiger partial charge >= 0.3 is 5.97 Å². The van der Waals surface area contributed by atoms with E-state index in [1.165, 1.54) is 11.0 Å². The Kier molecular flexibility index (Phi) is 5.62. The Bertz CT molecular complexity index is 1010. The van der Waals surface area contributed by atoms with Crippen molar-refractivity contribution in [1.29, 1.82) is 0 Å². The number of carbonyl (C=O) groups is 3. The SMILES string of the molecule is CCOC(=O)[C@]1(Cc2ccccc2)N[C@@H](c2ccccc2F)[C@H]2C(=O)N(CC)C(=O)[C@@H]21. The third-order valence-electron chi connectivity index (χ3n) is 6.27. The molecule has 2 aromatic rings. The number of halogens is 1. The van der Waals surface area contributed by atoms with Gasteiger partial charge in [0.1, 0.15) is 11.4 Å². The van der Waals surface area contributed by atoms with E-state index in [2.05, 4.69) is 5.32 Å². The van der Waals surface area contributed by atoms with Crippen LogP contribution in [0.4, 0.5) is 4.39 Å². The smallest absolute Gasteiger partial charge is 0.327 e. The standard InChI is InChI=1S/C24H25FN2O4/c1-3-27-21(28)18-19(22(27)29)24(23(30)31-4-2,14-15-10-6-5-7-11-15)26-20(18)16-12-8-9-13-17(16)25/h5-13,18-20,26H,3-4,14H2,1-2H3/t18-,19+,20-,24+/m0/s1. The number of nitrogens with one attached hydrogen (secondary N) is 1. The van der Waals surface area contributed by atoms with Crippen LogP contribution in [0, 0.1) is 17.7 Å². The van der Waals surface area contributed by atoms with E-state index in [-0.39, 0.29) is 25.1 Å². The summed E-state index contributed by atoms with van der Waals surface area (Å²) in [5.74, 6) is -3.79. The molecule has 2 fully saturated rings. The van der Waals surface area contributed by atoms with Gasteiger partial charge < -0.3 is 4.74 Å². The summed E-state index contributed by atoms with van der Waals surface area (Å²) in [6, 6.07) is 14.6. The number of amides is 2. The summed E-state index contributed by atoms with van der Waals surface area (Å²) in [5, 5.41) is 3.22. The number of imide groups is 1. The number of nitrogens with zero attached hydrogens (tertiary/aromatic N) is 1. The molecule has 4 atom stereocenters. The summed E-state index contributed by atoms with van der Waals surface area (Å²) in [7, 11) is 0. The van der Waals surface area contributed by atoms with Crippen molar-refractivity contribution in [3.63, 3.8) is 0 Å². The minimum absolute atomic E-state index is 0.123. The van der Waals surface area contributed by atoms with Gasteiger partial charge in [0.15, 0.2) is 0 Å². The molecule has 0 aromatic heterocycles. The number of carbonyl (C=O) groups excluding carboxylic acids is 3. The highest BCUT2D eigenvalue weighted by atomic mass is 19.1. The molecule has 4 rings (SSSR count). The van der Waals surface area contributed by atoms with Crippen molar-refractivity contribution in [2.24, 2.45) is 11.8 Å². The number of likely N-dealkylation sites (tertiary alicyclic amines) is 1. The molecule has 7 heteroatoms. The van der Waals surface area contributed by atoms with Gasteiger partial charge in [-0.2, -0.15) is 0 Å². The lowest BCUT2D eigenvalue weighted by molar-refractivity contribution is -0.156. The normalized spacial score (nSPS) is 27.5. The van der Waals surface area contributed by atoms with E-state index in [1.54, 1.807) is 32.0 Å². The molecule has 0 bridgehead atoms. The molecule has 0 spiro atoms. The highest BCUT2D eigenvalue weighted by molar-refractivity contribution is 6.09. The first kappa shape index (κ1) is 21.2. The first-order valence-electron chi connectivity index (χ1n) is 10.5. The van der Waals surface area contributed by atoms with E-state index in [0.717, 1.165) is 5.56 Å². The lowest BCUT2D eigenvalue weighted by Crippen LogP contribution is -2.58. The van der Waals surface area contributed by atoms with Crippen LogP contribution in [0.5, 0.6) is 0 Å². The van der Waals surface area contributed by atoms with Gasteiger partial charge in [-0.3, -0.25) is 24.6 Å². The van der Waals surface area contributed by atoms with Crippen molar-refractivity contribution in [2.75, 3.05) is 13.2 Å². The van der Waals surface area contributed by atoms with Gasteiger partial charge in [0.05, 0.1) is 18.4 Å². The van der Waals surface area contributed by atoms with E-state index in [4.69, 9.17) is 4.74 Å². The van der Waals surface area contributed by atoms with Gasteiger partial charge in [-0.1, -0.05) is 48.5 Å². The molecule has 1 N–H and O–H groups in total. The second kappa shape index (κ2) is 8.23. The van der Waals surface area contributed by atoms with Crippen LogP contribution in [0.3, 0.4) is 0 Å². The number of ether oxygens (including phenoxy) is 1. The van der Waals surface area contributed by atoms with Crippen molar-refractivity contribution in [1.82, 2.24) is 10.2 Å². The van der Waals surface area contributed by atoms with Crippen molar-refractivity contribution >= 4 is 17.8 Å². The summed E-state index contributed by atoms with van der Waals surface area (Å²) in [4.78, 5) is 41.1. The summed E-state index contributed by atoms with van der Waals surface area (Å²) >= 11 is 0. The van der Waals surface area contributed by atoms with Crippen LogP contribution >= 0.6 is 0 Å². The quantitative estimate of drug-likeness (QED) is 0.570. The second-order valence-corrected chi connectivity index (χ2v) is 7.92. The second-order valence-electron chi connectivity index (χ2n) is 7.92.